The second kappa shape index (κ2) is 11.3. The van der Waals surface area contributed by atoms with Gasteiger partial charge in [-0.2, -0.15) is 18.3 Å². The number of nitrogens with one attached hydrogen (secondary N) is 1. The van der Waals surface area contributed by atoms with E-state index in [1.807, 2.05) is 30.0 Å². The Labute approximate surface area is 245 Å². The van der Waals surface area contributed by atoms with Crippen LogP contribution in [0.1, 0.15) is 42.0 Å². The predicted octanol–water partition coefficient (Wildman–Crippen LogP) is 4.29. The number of anilines is 1. The van der Waals surface area contributed by atoms with Crippen LogP contribution in [0.4, 0.5) is 18.2 Å². The van der Waals surface area contributed by atoms with Crippen molar-refractivity contribution in [3.05, 3.63) is 40.4 Å². The third kappa shape index (κ3) is 5.87. The molecule has 1 N–H and O–H groups in total. The molecule has 5 heterocycles. The molecule has 0 saturated carbocycles. The van der Waals surface area contributed by atoms with Gasteiger partial charge in [0, 0.05) is 32.2 Å². The topological polar surface area (TPSA) is 99.1 Å². The molecule has 2 aliphatic heterocycles. The zero-order chi connectivity index (χ0) is 29.6. The molecule has 4 aromatic rings. The van der Waals surface area contributed by atoms with Gasteiger partial charge in [-0.15, -0.1) is 0 Å². The summed E-state index contributed by atoms with van der Waals surface area (Å²) in [5.74, 6) is 1.46. The van der Waals surface area contributed by atoms with E-state index in [-0.39, 0.29) is 24.2 Å². The Bertz CT molecular complexity index is 1590. The number of nitrogens with zero attached hydrogens (tertiary/aromatic N) is 8. The molecular formula is C28H34F3N9OS. The molecule has 2 aliphatic rings. The summed E-state index contributed by atoms with van der Waals surface area (Å²) in [6.45, 7) is 9.90. The summed E-state index contributed by atoms with van der Waals surface area (Å²) >= 11 is 0.621. The van der Waals surface area contributed by atoms with E-state index in [1.165, 1.54) is 12.8 Å². The Balaban J connectivity index is 1.22. The second-order valence-corrected chi connectivity index (χ2v) is 12.1. The number of carbonyl (C=O) groups excluding carboxylic acids is 1. The number of hydrogen-bond donors (Lipinski definition) is 1. The Morgan fingerprint density at radius 1 is 1.10 bits per heavy atom. The minimum atomic E-state index is -4.58. The quantitative estimate of drug-likeness (QED) is 0.338. The van der Waals surface area contributed by atoms with Gasteiger partial charge in [0.25, 0.3) is 0 Å². The highest BCUT2D eigenvalue weighted by Gasteiger charge is 2.39. The number of aromatic nitrogens is 6. The average molecular weight is 602 g/mol. The lowest BCUT2D eigenvalue weighted by atomic mass is 10.1. The Morgan fingerprint density at radius 3 is 2.57 bits per heavy atom. The summed E-state index contributed by atoms with van der Waals surface area (Å²) in [5.41, 5.74) is 2.80. The monoisotopic (exact) mass is 601 g/mol. The van der Waals surface area contributed by atoms with Gasteiger partial charge in [-0.05, 0) is 70.8 Å². The standard InChI is InChI=1S/C28H34F3N9OS/c1-17-15-38(12-13-39(17)23(41)16-40-19(3)32-18(2)36-40)26-24(35-27(42-26)28(29,30)31)25-33-21-7-6-20(14-22(21)34-25)8-11-37-9-4-5-10-37/h6-7,14,17H,4-5,8-13,15-16H2,1-3H3,(H,33,34)/t17-/m1/s1. The Hall–Kier alpha value is -3.52. The normalized spacial score (nSPS) is 18.5. The molecule has 0 bridgehead atoms. The van der Waals surface area contributed by atoms with Crippen molar-refractivity contribution in [1.82, 2.24) is 39.5 Å². The minimum Gasteiger partial charge on any atom is -0.358 e. The number of likely N-dealkylation sites (tertiary alicyclic amines) is 1. The lowest BCUT2D eigenvalue weighted by Gasteiger charge is -2.40. The van der Waals surface area contributed by atoms with Crippen molar-refractivity contribution in [2.24, 2.45) is 0 Å². The molecule has 0 spiro atoms. The molecule has 0 aliphatic carbocycles. The first-order valence-electron chi connectivity index (χ1n) is 14.3. The number of imidazole rings is 1. The zero-order valence-electron chi connectivity index (χ0n) is 23.9. The number of fused-ring (bicyclic) bond motifs is 1. The summed E-state index contributed by atoms with van der Waals surface area (Å²) in [6.07, 6.45) is -1.19. The summed E-state index contributed by atoms with van der Waals surface area (Å²) in [6, 6.07) is 5.75. The van der Waals surface area contributed by atoms with E-state index in [1.54, 1.807) is 23.4 Å². The van der Waals surface area contributed by atoms with E-state index in [4.69, 9.17) is 0 Å². The molecule has 2 fully saturated rings. The molecule has 10 nitrogen and oxygen atoms in total. The van der Waals surface area contributed by atoms with Gasteiger partial charge in [0.05, 0.1) is 11.0 Å². The molecule has 1 amide bonds. The lowest BCUT2D eigenvalue weighted by Crippen LogP contribution is -2.54. The fourth-order valence-electron chi connectivity index (χ4n) is 5.86. The molecule has 0 unspecified atom stereocenters. The van der Waals surface area contributed by atoms with Crippen LogP contribution in [0.2, 0.25) is 0 Å². The van der Waals surface area contributed by atoms with E-state index < -0.39 is 11.2 Å². The molecule has 1 atom stereocenters. The number of benzene rings is 1. The van der Waals surface area contributed by atoms with Crippen molar-refractivity contribution >= 4 is 33.3 Å². The molecule has 14 heteroatoms. The van der Waals surface area contributed by atoms with Crippen LogP contribution in [0.15, 0.2) is 18.2 Å². The maximum absolute atomic E-state index is 13.8. The molecule has 42 heavy (non-hydrogen) atoms. The van der Waals surface area contributed by atoms with Gasteiger partial charge in [0.15, 0.2) is 5.82 Å². The summed E-state index contributed by atoms with van der Waals surface area (Å²) in [7, 11) is 0. The third-order valence-electron chi connectivity index (χ3n) is 8.02. The fourth-order valence-corrected chi connectivity index (χ4v) is 6.83. The number of thiazole rings is 1. The van der Waals surface area contributed by atoms with Crippen molar-refractivity contribution < 1.29 is 18.0 Å². The SMILES string of the molecule is Cc1nc(C)n(CC(=O)N2CCN(c3sc(C(F)(F)F)nc3-c3nc4ccc(CCN5CCCC5)cc4[nH]3)C[C@H]2C)n1. The summed E-state index contributed by atoms with van der Waals surface area (Å²) in [5, 5.41) is 3.76. The largest absolute Gasteiger partial charge is 0.443 e. The van der Waals surface area contributed by atoms with Crippen LogP contribution >= 0.6 is 11.3 Å². The van der Waals surface area contributed by atoms with Gasteiger partial charge in [-0.25, -0.2) is 19.6 Å². The van der Waals surface area contributed by atoms with Crippen molar-refractivity contribution in [3.63, 3.8) is 0 Å². The molecule has 1 aromatic carbocycles. The third-order valence-corrected chi connectivity index (χ3v) is 9.18. The number of hydrogen-bond acceptors (Lipinski definition) is 8. The first-order valence-corrected chi connectivity index (χ1v) is 15.1. The number of rotatable bonds is 7. The van der Waals surface area contributed by atoms with Crippen molar-refractivity contribution in [1.29, 1.82) is 0 Å². The van der Waals surface area contributed by atoms with Crippen LogP contribution in [-0.2, 0) is 23.9 Å². The van der Waals surface area contributed by atoms with E-state index in [0.717, 1.165) is 37.1 Å². The highest BCUT2D eigenvalue weighted by molar-refractivity contribution is 7.16. The maximum Gasteiger partial charge on any atom is 0.443 e. The lowest BCUT2D eigenvalue weighted by molar-refractivity contribution is -0.137. The smallest absolute Gasteiger partial charge is 0.358 e. The zero-order valence-corrected chi connectivity index (χ0v) is 24.7. The van der Waals surface area contributed by atoms with Crippen LogP contribution in [0, 0.1) is 13.8 Å². The number of halogens is 3. The fraction of sp³-hybridized carbons (Fsp3) is 0.536. The summed E-state index contributed by atoms with van der Waals surface area (Å²) < 4.78 is 43.1. The van der Waals surface area contributed by atoms with Crippen LogP contribution in [0.5, 0.6) is 0 Å². The first-order chi connectivity index (χ1) is 20.0. The molecule has 2 saturated heterocycles. The Kier molecular flexibility index (Phi) is 7.68. The Morgan fingerprint density at radius 2 is 1.88 bits per heavy atom. The molecular weight excluding hydrogens is 567 g/mol. The van der Waals surface area contributed by atoms with Crippen LogP contribution < -0.4 is 4.90 Å². The van der Waals surface area contributed by atoms with E-state index >= 15 is 0 Å². The number of alkyl halides is 3. The van der Waals surface area contributed by atoms with Gasteiger partial charge in [0.1, 0.15) is 28.9 Å². The van der Waals surface area contributed by atoms with Gasteiger partial charge in [0.2, 0.25) is 10.9 Å². The molecule has 0 radical (unpaired) electrons. The van der Waals surface area contributed by atoms with Crippen molar-refractivity contribution in [2.75, 3.05) is 44.2 Å². The van der Waals surface area contributed by atoms with Crippen LogP contribution in [0.25, 0.3) is 22.6 Å². The number of H-pyrrole nitrogens is 1. The second-order valence-electron chi connectivity index (χ2n) is 11.2. The highest BCUT2D eigenvalue weighted by Crippen LogP contribution is 2.42. The minimum absolute atomic E-state index is 0.0695. The molecule has 224 valence electrons. The summed E-state index contributed by atoms with van der Waals surface area (Å²) in [4.78, 5) is 35.3. The van der Waals surface area contributed by atoms with Crippen LogP contribution in [-0.4, -0.2) is 90.7 Å². The van der Waals surface area contributed by atoms with Gasteiger partial charge < -0.3 is 19.7 Å². The van der Waals surface area contributed by atoms with E-state index in [0.29, 0.717) is 59.0 Å². The number of aromatic amines is 1. The first kappa shape index (κ1) is 28.6. The number of carbonyl (C=O) groups is 1. The van der Waals surface area contributed by atoms with E-state index in [9.17, 15) is 18.0 Å². The van der Waals surface area contributed by atoms with Crippen molar-refractivity contribution in [3.8, 4) is 11.5 Å². The van der Waals surface area contributed by atoms with Gasteiger partial charge in [-0.1, -0.05) is 17.4 Å². The molecule has 6 rings (SSSR count). The van der Waals surface area contributed by atoms with Crippen LogP contribution in [0.3, 0.4) is 0 Å². The average Bonchev–Trinajstić information content (AvgIpc) is 3.73. The number of piperazine rings is 1. The number of amides is 1. The van der Waals surface area contributed by atoms with E-state index in [2.05, 4.69) is 29.9 Å². The van der Waals surface area contributed by atoms with Gasteiger partial charge in [-0.3, -0.25) is 4.79 Å². The van der Waals surface area contributed by atoms with Gasteiger partial charge >= 0.3 is 6.18 Å². The maximum atomic E-state index is 13.8. The predicted molar refractivity (Wildman–Crippen MR) is 154 cm³/mol. The number of aryl methyl sites for hydroxylation is 2. The molecule has 3 aromatic heterocycles. The highest BCUT2D eigenvalue weighted by atomic mass is 32.1. The van der Waals surface area contributed by atoms with Crippen molar-refractivity contribution in [2.45, 2.75) is 58.8 Å².